The van der Waals surface area contributed by atoms with Crippen molar-refractivity contribution >= 4 is 7.60 Å². The first-order chi connectivity index (χ1) is 4.56. The van der Waals surface area contributed by atoms with Crippen molar-refractivity contribution in [2.75, 3.05) is 12.8 Å². The Hall–Kier alpha value is 0.110. The Morgan fingerprint density at radius 2 is 2.10 bits per heavy atom. The SMILES string of the molecule is CCCCNCP(=O)(O)O. The largest absolute Gasteiger partial charge is 0.339 e. The van der Waals surface area contributed by atoms with Gasteiger partial charge in [-0.15, -0.1) is 0 Å². The Labute approximate surface area is 60.8 Å². The van der Waals surface area contributed by atoms with Crippen LogP contribution in [0.15, 0.2) is 0 Å². The van der Waals surface area contributed by atoms with Gasteiger partial charge in [-0.1, -0.05) is 13.3 Å². The van der Waals surface area contributed by atoms with E-state index in [0.717, 1.165) is 12.8 Å². The quantitative estimate of drug-likeness (QED) is 0.412. The first kappa shape index (κ1) is 10.1. The summed E-state index contributed by atoms with van der Waals surface area (Å²) in [5, 5.41) is 2.66. The predicted octanol–water partition coefficient (Wildman–Crippen LogP) is 0.511. The highest BCUT2D eigenvalue weighted by Crippen LogP contribution is 2.31. The van der Waals surface area contributed by atoms with E-state index in [0.29, 0.717) is 6.54 Å². The smallest absolute Gasteiger partial charge is 0.324 e. The third-order valence-electron chi connectivity index (χ3n) is 1.02. The molecule has 0 heterocycles. The Balaban J connectivity index is 3.13. The zero-order valence-electron chi connectivity index (χ0n) is 6.08. The van der Waals surface area contributed by atoms with Crippen LogP contribution < -0.4 is 5.32 Å². The van der Waals surface area contributed by atoms with Crippen LogP contribution in [0.4, 0.5) is 0 Å². The molecule has 0 bridgehead atoms. The van der Waals surface area contributed by atoms with Crippen LogP contribution in [0.1, 0.15) is 19.8 Å². The summed E-state index contributed by atoms with van der Waals surface area (Å²) >= 11 is 0. The summed E-state index contributed by atoms with van der Waals surface area (Å²) in [6.07, 6.45) is 1.79. The molecule has 0 saturated heterocycles. The second-order valence-electron chi connectivity index (χ2n) is 2.18. The Morgan fingerprint density at radius 1 is 1.50 bits per heavy atom. The fourth-order valence-electron chi connectivity index (χ4n) is 0.526. The summed E-state index contributed by atoms with van der Waals surface area (Å²) in [5.41, 5.74) is 0. The fraction of sp³-hybridized carbons (Fsp3) is 1.00. The summed E-state index contributed by atoms with van der Waals surface area (Å²) in [6.45, 7) is 2.71. The van der Waals surface area contributed by atoms with Gasteiger partial charge in [0.1, 0.15) is 0 Å². The van der Waals surface area contributed by atoms with E-state index in [2.05, 4.69) is 5.32 Å². The third-order valence-corrected chi connectivity index (χ3v) is 1.66. The molecule has 3 N–H and O–H groups in total. The maximum Gasteiger partial charge on any atom is 0.339 e. The molecule has 0 radical (unpaired) electrons. The molecule has 0 aromatic rings. The van der Waals surface area contributed by atoms with Crippen LogP contribution in [0.3, 0.4) is 0 Å². The zero-order chi connectivity index (χ0) is 8.04. The van der Waals surface area contributed by atoms with E-state index in [1.165, 1.54) is 0 Å². The molecule has 0 amide bonds. The third kappa shape index (κ3) is 8.11. The Morgan fingerprint density at radius 3 is 2.50 bits per heavy atom. The maximum atomic E-state index is 10.2. The van der Waals surface area contributed by atoms with Gasteiger partial charge in [0.25, 0.3) is 0 Å². The van der Waals surface area contributed by atoms with Crippen molar-refractivity contribution in [1.82, 2.24) is 5.32 Å². The number of hydrogen-bond acceptors (Lipinski definition) is 2. The van der Waals surface area contributed by atoms with Crippen LogP contribution >= 0.6 is 7.60 Å². The first-order valence-corrected chi connectivity index (χ1v) is 5.11. The van der Waals surface area contributed by atoms with E-state index >= 15 is 0 Å². The number of nitrogens with one attached hydrogen (secondary N) is 1. The molecule has 0 saturated carbocycles. The van der Waals surface area contributed by atoms with Gasteiger partial charge in [-0.3, -0.25) is 4.57 Å². The highest BCUT2D eigenvalue weighted by molar-refractivity contribution is 7.51. The van der Waals surface area contributed by atoms with E-state index in [4.69, 9.17) is 9.79 Å². The summed E-state index contributed by atoms with van der Waals surface area (Å²) in [4.78, 5) is 16.7. The molecule has 0 unspecified atom stereocenters. The minimum atomic E-state index is -3.82. The van der Waals surface area contributed by atoms with Crippen molar-refractivity contribution in [3.05, 3.63) is 0 Å². The number of hydrogen-bond donors (Lipinski definition) is 3. The van der Waals surface area contributed by atoms with Crippen molar-refractivity contribution in [3.63, 3.8) is 0 Å². The van der Waals surface area contributed by atoms with Gasteiger partial charge in [0.15, 0.2) is 0 Å². The summed E-state index contributed by atoms with van der Waals surface area (Å²) in [6, 6.07) is 0. The molecule has 0 aromatic heterocycles. The second kappa shape index (κ2) is 4.85. The minimum Gasteiger partial charge on any atom is -0.324 e. The van der Waals surface area contributed by atoms with Gasteiger partial charge < -0.3 is 15.1 Å². The second-order valence-corrected chi connectivity index (χ2v) is 3.82. The minimum absolute atomic E-state index is 0.201. The van der Waals surface area contributed by atoms with Gasteiger partial charge in [-0.25, -0.2) is 0 Å². The van der Waals surface area contributed by atoms with Crippen molar-refractivity contribution in [2.45, 2.75) is 19.8 Å². The summed E-state index contributed by atoms with van der Waals surface area (Å²) in [5.74, 6) is 0. The van der Waals surface area contributed by atoms with E-state index in [-0.39, 0.29) is 6.29 Å². The topological polar surface area (TPSA) is 69.6 Å². The lowest BCUT2D eigenvalue weighted by Crippen LogP contribution is -2.16. The van der Waals surface area contributed by atoms with Crippen LogP contribution in [0.5, 0.6) is 0 Å². The van der Waals surface area contributed by atoms with E-state index < -0.39 is 7.60 Å². The van der Waals surface area contributed by atoms with Crippen LogP contribution in [-0.4, -0.2) is 22.6 Å². The highest BCUT2D eigenvalue weighted by Gasteiger charge is 2.09. The lowest BCUT2D eigenvalue weighted by atomic mass is 10.3. The summed E-state index contributed by atoms with van der Waals surface area (Å²) < 4.78 is 10.2. The van der Waals surface area contributed by atoms with E-state index in [9.17, 15) is 4.57 Å². The van der Waals surface area contributed by atoms with Gasteiger partial charge in [0.05, 0.1) is 6.29 Å². The van der Waals surface area contributed by atoms with Crippen molar-refractivity contribution in [1.29, 1.82) is 0 Å². The van der Waals surface area contributed by atoms with Gasteiger partial charge in [-0.05, 0) is 13.0 Å². The van der Waals surface area contributed by atoms with Crippen LogP contribution in [0.2, 0.25) is 0 Å². The average Bonchev–Trinajstić information content (AvgIpc) is 1.78. The summed E-state index contributed by atoms with van der Waals surface area (Å²) in [7, 11) is -3.82. The van der Waals surface area contributed by atoms with Gasteiger partial charge >= 0.3 is 7.60 Å². The molecular formula is C5H14NO3P. The van der Waals surface area contributed by atoms with Crippen molar-refractivity contribution in [3.8, 4) is 0 Å². The Kier molecular flexibility index (Phi) is 4.91. The fourth-order valence-corrected chi connectivity index (χ4v) is 0.976. The first-order valence-electron chi connectivity index (χ1n) is 3.31. The van der Waals surface area contributed by atoms with Crippen molar-refractivity contribution < 1.29 is 14.4 Å². The van der Waals surface area contributed by atoms with Gasteiger partial charge in [-0.2, -0.15) is 0 Å². The molecule has 10 heavy (non-hydrogen) atoms. The molecule has 0 spiro atoms. The molecule has 0 fully saturated rings. The number of rotatable bonds is 5. The lowest BCUT2D eigenvalue weighted by molar-refractivity contribution is 0.367. The average molecular weight is 167 g/mol. The molecule has 0 atom stereocenters. The molecule has 0 aliphatic rings. The number of unbranched alkanes of at least 4 members (excludes halogenated alkanes) is 1. The van der Waals surface area contributed by atoms with E-state index in [1.807, 2.05) is 6.92 Å². The zero-order valence-corrected chi connectivity index (χ0v) is 6.97. The lowest BCUT2D eigenvalue weighted by Gasteiger charge is -2.04. The Bertz CT molecular complexity index is 122. The monoisotopic (exact) mass is 167 g/mol. The standard InChI is InChI=1S/C5H14NO3P/c1-2-3-4-6-5-10(7,8)9/h6H,2-5H2,1H3,(H2,7,8,9). The van der Waals surface area contributed by atoms with Crippen LogP contribution in [0, 0.1) is 0 Å². The van der Waals surface area contributed by atoms with Crippen LogP contribution in [0.25, 0.3) is 0 Å². The highest BCUT2D eigenvalue weighted by atomic mass is 31.2. The molecule has 0 aliphatic carbocycles. The molecule has 4 nitrogen and oxygen atoms in total. The van der Waals surface area contributed by atoms with Gasteiger partial charge in [0, 0.05) is 0 Å². The van der Waals surface area contributed by atoms with Gasteiger partial charge in [0.2, 0.25) is 0 Å². The molecule has 5 heteroatoms. The molecule has 0 aromatic carbocycles. The van der Waals surface area contributed by atoms with Crippen LogP contribution in [-0.2, 0) is 4.57 Å². The molecular weight excluding hydrogens is 153 g/mol. The van der Waals surface area contributed by atoms with Crippen molar-refractivity contribution in [2.24, 2.45) is 0 Å². The normalized spacial score (nSPS) is 11.9. The van der Waals surface area contributed by atoms with E-state index in [1.54, 1.807) is 0 Å². The predicted molar refractivity (Wildman–Crippen MR) is 39.8 cm³/mol. The molecule has 0 aliphatic heterocycles. The maximum absolute atomic E-state index is 10.2. The molecule has 0 rings (SSSR count). The molecule has 62 valence electrons.